The SMILES string of the molecule is CN1C(=O)N(CCCCBr)C2(CCN(C(=O)OC(C)(C)C)CC2)C1=O. The number of alkyl halides is 1. The first-order chi connectivity index (χ1) is 11.6. The summed E-state index contributed by atoms with van der Waals surface area (Å²) in [5.41, 5.74) is -1.36. The molecule has 2 aliphatic rings. The third kappa shape index (κ3) is 4.10. The number of hydrogen-bond donors (Lipinski definition) is 0. The summed E-state index contributed by atoms with van der Waals surface area (Å²) in [6, 6.07) is -0.231. The highest BCUT2D eigenvalue weighted by Gasteiger charge is 2.57. The minimum atomic E-state index is -0.809. The van der Waals surface area contributed by atoms with Crippen LogP contribution >= 0.6 is 15.9 Å². The Morgan fingerprint density at radius 2 is 1.80 bits per heavy atom. The molecule has 1 spiro atoms. The average Bonchev–Trinajstić information content (AvgIpc) is 2.70. The Morgan fingerprint density at radius 3 is 2.32 bits per heavy atom. The molecule has 7 nitrogen and oxygen atoms in total. The number of likely N-dealkylation sites (N-methyl/N-ethyl adjacent to an activating group) is 1. The van der Waals surface area contributed by atoms with Gasteiger partial charge in [-0.3, -0.25) is 9.69 Å². The molecule has 142 valence electrons. The number of carbonyl (C=O) groups excluding carboxylic acids is 3. The van der Waals surface area contributed by atoms with Crippen molar-refractivity contribution in [2.24, 2.45) is 0 Å². The first-order valence-electron chi connectivity index (χ1n) is 8.76. The van der Waals surface area contributed by atoms with Crippen molar-refractivity contribution in [3.8, 4) is 0 Å². The molecule has 0 saturated carbocycles. The topological polar surface area (TPSA) is 70.2 Å². The summed E-state index contributed by atoms with van der Waals surface area (Å²) in [7, 11) is 1.54. The molecule has 2 saturated heterocycles. The van der Waals surface area contributed by atoms with Crippen molar-refractivity contribution in [2.45, 2.75) is 57.6 Å². The van der Waals surface area contributed by atoms with Crippen LogP contribution in [-0.2, 0) is 9.53 Å². The predicted octanol–water partition coefficient (Wildman–Crippen LogP) is 2.83. The van der Waals surface area contributed by atoms with E-state index in [9.17, 15) is 14.4 Å². The molecule has 0 radical (unpaired) electrons. The normalized spacial score (nSPS) is 20.6. The number of unbranched alkanes of at least 4 members (excludes halogenated alkanes) is 1. The fraction of sp³-hybridized carbons (Fsp3) is 0.824. The number of urea groups is 1. The number of likely N-dealkylation sites (tertiary alicyclic amines) is 1. The van der Waals surface area contributed by atoms with Gasteiger partial charge in [-0.1, -0.05) is 15.9 Å². The summed E-state index contributed by atoms with van der Waals surface area (Å²) in [5.74, 6) is -0.153. The summed E-state index contributed by atoms with van der Waals surface area (Å²) in [6.07, 6.45) is 2.33. The predicted molar refractivity (Wildman–Crippen MR) is 97.7 cm³/mol. The average molecular weight is 418 g/mol. The van der Waals surface area contributed by atoms with Gasteiger partial charge in [-0.15, -0.1) is 0 Å². The van der Waals surface area contributed by atoms with Crippen molar-refractivity contribution in [1.82, 2.24) is 14.7 Å². The highest BCUT2D eigenvalue weighted by Crippen LogP contribution is 2.37. The number of halogens is 1. The van der Waals surface area contributed by atoms with E-state index in [1.54, 1.807) is 9.80 Å². The molecule has 0 aliphatic carbocycles. The second kappa shape index (κ2) is 7.51. The maximum absolute atomic E-state index is 12.8. The second-order valence-corrected chi connectivity index (χ2v) is 8.49. The molecule has 25 heavy (non-hydrogen) atoms. The van der Waals surface area contributed by atoms with Gasteiger partial charge in [0.25, 0.3) is 5.91 Å². The number of nitrogens with zero attached hydrogens (tertiary/aromatic N) is 3. The maximum atomic E-state index is 12.8. The van der Waals surface area contributed by atoms with E-state index in [0.29, 0.717) is 32.5 Å². The number of carbonyl (C=O) groups is 3. The lowest BCUT2D eigenvalue weighted by Crippen LogP contribution is -2.57. The molecule has 2 heterocycles. The first-order valence-corrected chi connectivity index (χ1v) is 9.88. The van der Waals surface area contributed by atoms with Crippen LogP contribution in [0.1, 0.15) is 46.5 Å². The van der Waals surface area contributed by atoms with Crippen LogP contribution in [0.15, 0.2) is 0 Å². The van der Waals surface area contributed by atoms with Crippen LogP contribution in [0, 0.1) is 0 Å². The Morgan fingerprint density at radius 1 is 1.20 bits per heavy atom. The van der Waals surface area contributed by atoms with E-state index >= 15 is 0 Å². The third-order valence-corrected chi connectivity index (χ3v) is 5.31. The molecule has 2 rings (SSSR count). The standard InChI is InChI=1S/C17H28BrN3O4/c1-16(2,3)25-15(24)20-11-7-17(8-12-20)13(22)19(4)14(23)21(17)10-6-5-9-18/h5-12H2,1-4H3. The smallest absolute Gasteiger partial charge is 0.410 e. The van der Waals surface area contributed by atoms with Gasteiger partial charge in [0.15, 0.2) is 0 Å². The lowest BCUT2D eigenvalue weighted by molar-refractivity contribution is -0.134. The van der Waals surface area contributed by atoms with E-state index < -0.39 is 11.1 Å². The fourth-order valence-corrected chi connectivity index (χ4v) is 3.82. The van der Waals surface area contributed by atoms with E-state index in [4.69, 9.17) is 4.74 Å². The highest BCUT2D eigenvalue weighted by atomic mass is 79.9. The zero-order chi connectivity index (χ0) is 18.8. The van der Waals surface area contributed by atoms with Crippen LogP contribution in [0.3, 0.4) is 0 Å². The lowest BCUT2D eigenvalue weighted by Gasteiger charge is -2.42. The summed E-state index contributed by atoms with van der Waals surface area (Å²) in [6.45, 7) is 6.88. The number of ether oxygens (including phenoxy) is 1. The van der Waals surface area contributed by atoms with E-state index in [1.807, 2.05) is 20.8 Å². The van der Waals surface area contributed by atoms with Crippen molar-refractivity contribution >= 4 is 34.0 Å². The molecule has 2 aliphatic heterocycles. The second-order valence-electron chi connectivity index (χ2n) is 7.69. The van der Waals surface area contributed by atoms with Gasteiger partial charge in [-0.2, -0.15) is 0 Å². The molecular weight excluding hydrogens is 390 g/mol. The minimum absolute atomic E-state index is 0.153. The molecule has 0 N–H and O–H groups in total. The van der Waals surface area contributed by atoms with Crippen LogP contribution in [0.5, 0.6) is 0 Å². The number of hydrogen-bond acceptors (Lipinski definition) is 4. The Hall–Kier alpha value is -1.31. The Labute approximate surface area is 157 Å². The van der Waals surface area contributed by atoms with Crippen LogP contribution in [0.25, 0.3) is 0 Å². The van der Waals surface area contributed by atoms with E-state index in [2.05, 4.69) is 15.9 Å². The molecular formula is C17H28BrN3O4. The van der Waals surface area contributed by atoms with Gasteiger partial charge in [0.2, 0.25) is 0 Å². The Bertz CT molecular complexity index is 539. The van der Waals surface area contributed by atoms with Gasteiger partial charge in [-0.05, 0) is 46.5 Å². The third-order valence-electron chi connectivity index (χ3n) is 4.74. The van der Waals surface area contributed by atoms with Crippen molar-refractivity contribution in [3.05, 3.63) is 0 Å². The van der Waals surface area contributed by atoms with Gasteiger partial charge in [0.05, 0.1) is 0 Å². The minimum Gasteiger partial charge on any atom is -0.444 e. The zero-order valence-corrected chi connectivity index (χ0v) is 17.1. The summed E-state index contributed by atoms with van der Waals surface area (Å²) in [5, 5.41) is 0.873. The molecule has 0 aromatic rings. The van der Waals surface area contributed by atoms with Crippen LogP contribution in [-0.4, -0.2) is 75.9 Å². The number of piperidine rings is 1. The van der Waals surface area contributed by atoms with Crippen LogP contribution in [0.4, 0.5) is 9.59 Å². The van der Waals surface area contributed by atoms with Gasteiger partial charge >= 0.3 is 12.1 Å². The van der Waals surface area contributed by atoms with Gasteiger partial charge in [0, 0.05) is 32.0 Å². The van der Waals surface area contributed by atoms with Crippen molar-refractivity contribution in [1.29, 1.82) is 0 Å². The zero-order valence-electron chi connectivity index (χ0n) is 15.5. The summed E-state index contributed by atoms with van der Waals surface area (Å²) >= 11 is 3.39. The van der Waals surface area contributed by atoms with Gasteiger partial charge < -0.3 is 14.5 Å². The maximum Gasteiger partial charge on any atom is 0.410 e. The van der Waals surface area contributed by atoms with Gasteiger partial charge in [0.1, 0.15) is 11.1 Å². The molecule has 0 aromatic heterocycles. The van der Waals surface area contributed by atoms with Crippen molar-refractivity contribution in [3.63, 3.8) is 0 Å². The molecule has 0 unspecified atom stereocenters. The van der Waals surface area contributed by atoms with Crippen LogP contribution < -0.4 is 0 Å². The van der Waals surface area contributed by atoms with Crippen molar-refractivity contribution < 1.29 is 19.1 Å². The monoisotopic (exact) mass is 417 g/mol. The summed E-state index contributed by atoms with van der Waals surface area (Å²) in [4.78, 5) is 42.1. The number of rotatable bonds is 4. The Kier molecular flexibility index (Phi) is 6.01. The van der Waals surface area contributed by atoms with E-state index in [-0.39, 0.29) is 18.0 Å². The molecule has 8 heteroatoms. The molecule has 0 aromatic carbocycles. The molecule has 4 amide bonds. The van der Waals surface area contributed by atoms with Gasteiger partial charge in [-0.25, -0.2) is 9.59 Å². The molecule has 0 atom stereocenters. The quantitative estimate of drug-likeness (QED) is 0.400. The van der Waals surface area contributed by atoms with Crippen molar-refractivity contribution in [2.75, 3.05) is 32.0 Å². The molecule has 0 bridgehead atoms. The number of imide groups is 1. The lowest BCUT2D eigenvalue weighted by atomic mass is 9.86. The highest BCUT2D eigenvalue weighted by molar-refractivity contribution is 9.09. The van der Waals surface area contributed by atoms with E-state index in [0.717, 1.165) is 18.2 Å². The van der Waals surface area contributed by atoms with Crippen LogP contribution in [0.2, 0.25) is 0 Å². The fourth-order valence-electron chi connectivity index (χ4n) is 3.42. The summed E-state index contributed by atoms with van der Waals surface area (Å²) < 4.78 is 5.41. The molecule has 2 fully saturated rings. The first kappa shape index (κ1) is 20.0. The largest absolute Gasteiger partial charge is 0.444 e. The number of amides is 4. The van der Waals surface area contributed by atoms with E-state index in [1.165, 1.54) is 11.9 Å². The Balaban J connectivity index is 2.08.